The third kappa shape index (κ3) is 3.07. The minimum Gasteiger partial charge on any atom is -0.465 e. The molecule has 0 bridgehead atoms. The summed E-state index contributed by atoms with van der Waals surface area (Å²) in [4.78, 5) is 19.2. The molecule has 1 aromatic heterocycles. The standard InChI is InChI=1S/C21H15ClN2O2/c1-14-4-2-5-15(12-14)20-23-19(13-18-6-3-11-26-18)21(25)24(20)17-9-7-16(22)8-10-17/h2-13H,1H3/b19-13+. The molecule has 0 saturated carbocycles. The Morgan fingerprint density at radius 1 is 1.08 bits per heavy atom. The first-order valence-electron chi connectivity index (χ1n) is 8.13. The molecule has 0 fully saturated rings. The molecule has 0 N–H and O–H groups in total. The summed E-state index contributed by atoms with van der Waals surface area (Å²) in [5.41, 5.74) is 3.00. The highest BCUT2D eigenvalue weighted by atomic mass is 35.5. The summed E-state index contributed by atoms with van der Waals surface area (Å²) in [6.07, 6.45) is 3.21. The molecule has 3 aromatic rings. The summed E-state index contributed by atoms with van der Waals surface area (Å²) in [5, 5.41) is 0.612. The summed E-state index contributed by atoms with van der Waals surface area (Å²) in [5.74, 6) is 0.956. The Bertz CT molecular complexity index is 1020. The molecule has 0 unspecified atom stereocenters. The third-order valence-corrected chi connectivity index (χ3v) is 4.30. The normalized spacial score (nSPS) is 15.6. The molecule has 2 aromatic carbocycles. The Hall–Kier alpha value is -3.11. The molecule has 1 aliphatic rings. The van der Waals surface area contributed by atoms with E-state index >= 15 is 0 Å². The van der Waals surface area contributed by atoms with E-state index < -0.39 is 0 Å². The van der Waals surface area contributed by atoms with Crippen LogP contribution in [0, 0.1) is 6.92 Å². The van der Waals surface area contributed by atoms with E-state index in [2.05, 4.69) is 4.99 Å². The van der Waals surface area contributed by atoms with E-state index in [0.717, 1.165) is 11.1 Å². The van der Waals surface area contributed by atoms with Crippen molar-refractivity contribution in [2.45, 2.75) is 6.92 Å². The van der Waals surface area contributed by atoms with Gasteiger partial charge >= 0.3 is 0 Å². The molecule has 4 nitrogen and oxygen atoms in total. The number of amidine groups is 1. The van der Waals surface area contributed by atoms with E-state index in [1.165, 1.54) is 0 Å². The lowest BCUT2D eigenvalue weighted by molar-refractivity contribution is -0.113. The van der Waals surface area contributed by atoms with Gasteiger partial charge in [0.2, 0.25) is 0 Å². The molecule has 4 rings (SSSR count). The highest BCUT2D eigenvalue weighted by molar-refractivity contribution is 6.33. The maximum absolute atomic E-state index is 13.1. The Morgan fingerprint density at radius 2 is 1.88 bits per heavy atom. The Morgan fingerprint density at radius 3 is 2.58 bits per heavy atom. The van der Waals surface area contributed by atoms with Crippen LogP contribution in [0.4, 0.5) is 5.69 Å². The fourth-order valence-corrected chi connectivity index (χ4v) is 2.96. The van der Waals surface area contributed by atoms with Gasteiger partial charge in [-0.3, -0.25) is 9.69 Å². The number of carbonyl (C=O) groups excluding carboxylic acids is 1. The van der Waals surface area contributed by atoms with Crippen molar-refractivity contribution in [3.8, 4) is 0 Å². The number of hydrogen-bond acceptors (Lipinski definition) is 3. The van der Waals surface area contributed by atoms with Crippen molar-refractivity contribution in [2.24, 2.45) is 4.99 Å². The number of anilines is 1. The number of amides is 1. The number of furan rings is 1. The summed E-state index contributed by atoms with van der Waals surface area (Å²) in [7, 11) is 0. The molecule has 0 atom stereocenters. The first-order valence-corrected chi connectivity index (χ1v) is 8.50. The van der Waals surface area contributed by atoms with Gasteiger partial charge in [-0.15, -0.1) is 0 Å². The van der Waals surface area contributed by atoms with Gasteiger partial charge in [0, 0.05) is 16.7 Å². The van der Waals surface area contributed by atoms with E-state index in [1.807, 2.05) is 31.2 Å². The second kappa shape index (κ2) is 6.65. The van der Waals surface area contributed by atoms with Crippen molar-refractivity contribution < 1.29 is 9.21 Å². The molecule has 1 aliphatic heterocycles. The van der Waals surface area contributed by atoms with Crippen LogP contribution in [0.5, 0.6) is 0 Å². The molecule has 0 spiro atoms. The molecule has 0 radical (unpaired) electrons. The van der Waals surface area contributed by atoms with E-state index in [9.17, 15) is 4.79 Å². The maximum Gasteiger partial charge on any atom is 0.282 e. The van der Waals surface area contributed by atoms with Crippen molar-refractivity contribution in [3.05, 3.63) is 94.5 Å². The van der Waals surface area contributed by atoms with E-state index in [0.29, 0.717) is 28.0 Å². The number of nitrogens with zero attached hydrogens (tertiary/aromatic N) is 2. The average molecular weight is 363 g/mol. The fourth-order valence-electron chi connectivity index (χ4n) is 2.83. The van der Waals surface area contributed by atoms with Crippen molar-refractivity contribution in [1.82, 2.24) is 0 Å². The van der Waals surface area contributed by atoms with Gasteiger partial charge in [-0.1, -0.05) is 35.4 Å². The van der Waals surface area contributed by atoms with Gasteiger partial charge in [0.1, 0.15) is 17.3 Å². The van der Waals surface area contributed by atoms with Crippen LogP contribution < -0.4 is 4.90 Å². The van der Waals surface area contributed by atoms with Gasteiger partial charge < -0.3 is 4.42 Å². The minimum absolute atomic E-state index is 0.208. The van der Waals surface area contributed by atoms with E-state index in [1.54, 1.807) is 53.6 Å². The molecular weight excluding hydrogens is 348 g/mol. The van der Waals surface area contributed by atoms with Crippen LogP contribution in [0.25, 0.3) is 6.08 Å². The largest absolute Gasteiger partial charge is 0.465 e. The quantitative estimate of drug-likeness (QED) is 0.610. The number of aliphatic imine (C=N–C) groups is 1. The van der Waals surface area contributed by atoms with Gasteiger partial charge in [-0.05, 0) is 49.4 Å². The van der Waals surface area contributed by atoms with Crippen molar-refractivity contribution in [2.75, 3.05) is 4.90 Å². The molecule has 0 saturated heterocycles. The second-order valence-electron chi connectivity index (χ2n) is 5.97. The number of halogens is 1. The Kier molecular flexibility index (Phi) is 4.19. The number of rotatable bonds is 3. The zero-order valence-corrected chi connectivity index (χ0v) is 14.8. The van der Waals surface area contributed by atoms with Gasteiger partial charge in [-0.2, -0.15) is 0 Å². The lowest BCUT2D eigenvalue weighted by atomic mass is 10.1. The zero-order valence-electron chi connectivity index (χ0n) is 14.0. The Labute approximate surface area is 156 Å². The SMILES string of the molecule is Cc1cccc(C2=N/C(=C/c3ccco3)C(=O)N2c2ccc(Cl)cc2)c1. The van der Waals surface area contributed by atoms with Gasteiger partial charge in [0.05, 0.1) is 12.0 Å². The van der Waals surface area contributed by atoms with Crippen molar-refractivity contribution in [3.63, 3.8) is 0 Å². The van der Waals surface area contributed by atoms with Crippen LogP contribution in [-0.2, 0) is 4.79 Å². The zero-order chi connectivity index (χ0) is 18.1. The molecule has 1 amide bonds. The lowest BCUT2D eigenvalue weighted by Gasteiger charge is -2.18. The number of benzene rings is 2. The highest BCUT2D eigenvalue weighted by Crippen LogP contribution is 2.29. The van der Waals surface area contributed by atoms with Crippen molar-refractivity contribution >= 4 is 35.1 Å². The lowest BCUT2D eigenvalue weighted by Crippen LogP contribution is -2.32. The predicted molar refractivity (Wildman–Crippen MR) is 103 cm³/mol. The fraction of sp³-hybridized carbons (Fsp3) is 0.0476. The Balaban J connectivity index is 1.84. The molecular formula is C21H15ClN2O2. The summed E-state index contributed by atoms with van der Waals surface area (Å²) in [6, 6.07) is 18.6. The molecule has 128 valence electrons. The topological polar surface area (TPSA) is 45.8 Å². The van der Waals surface area contributed by atoms with E-state index in [4.69, 9.17) is 16.0 Å². The highest BCUT2D eigenvalue weighted by Gasteiger charge is 2.32. The smallest absolute Gasteiger partial charge is 0.282 e. The van der Waals surface area contributed by atoms with Crippen molar-refractivity contribution in [1.29, 1.82) is 0 Å². The van der Waals surface area contributed by atoms with Crippen LogP contribution >= 0.6 is 11.6 Å². The first-order chi connectivity index (χ1) is 12.6. The summed E-state index contributed by atoms with van der Waals surface area (Å²) < 4.78 is 5.33. The van der Waals surface area contributed by atoms with Gasteiger partial charge in [0.25, 0.3) is 5.91 Å². The van der Waals surface area contributed by atoms with Gasteiger partial charge in [0.15, 0.2) is 0 Å². The number of aryl methyl sites for hydroxylation is 1. The first kappa shape index (κ1) is 16.4. The van der Waals surface area contributed by atoms with Crippen LogP contribution in [0.3, 0.4) is 0 Å². The van der Waals surface area contributed by atoms with Crippen LogP contribution in [0.1, 0.15) is 16.9 Å². The van der Waals surface area contributed by atoms with Crippen LogP contribution in [0.15, 0.2) is 82.0 Å². The summed E-state index contributed by atoms with van der Waals surface area (Å²) >= 11 is 5.99. The summed E-state index contributed by atoms with van der Waals surface area (Å²) in [6.45, 7) is 2.01. The second-order valence-corrected chi connectivity index (χ2v) is 6.40. The number of carbonyl (C=O) groups is 1. The van der Waals surface area contributed by atoms with Crippen LogP contribution in [-0.4, -0.2) is 11.7 Å². The average Bonchev–Trinajstić information content (AvgIpc) is 3.25. The molecule has 5 heteroatoms. The maximum atomic E-state index is 13.1. The van der Waals surface area contributed by atoms with E-state index in [-0.39, 0.29) is 5.91 Å². The van der Waals surface area contributed by atoms with Crippen LogP contribution in [0.2, 0.25) is 5.02 Å². The predicted octanol–water partition coefficient (Wildman–Crippen LogP) is 5.08. The third-order valence-electron chi connectivity index (χ3n) is 4.04. The molecule has 26 heavy (non-hydrogen) atoms. The molecule has 2 heterocycles. The van der Waals surface area contributed by atoms with Gasteiger partial charge in [-0.25, -0.2) is 4.99 Å². The number of hydrogen-bond donors (Lipinski definition) is 0. The monoisotopic (exact) mass is 362 g/mol. The minimum atomic E-state index is -0.208. The molecule has 0 aliphatic carbocycles.